The number of pyridine rings is 1. The van der Waals surface area contributed by atoms with Crippen LogP contribution < -0.4 is 10.6 Å². The Hall–Kier alpha value is -3.09. The normalized spacial score (nSPS) is 11.9. The maximum absolute atomic E-state index is 13.4. The van der Waals surface area contributed by atoms with Crippen molar-refractivity contribution in [2.75, 3.05) is 10.6 Å². The Balaban J connectivity index is 1.86. The lowest BCUT2D eigenvalue weighted by molar-refractivity contribution is 0.507. The number of halogens is 2. The number of nitrogens with zero attached hydrogens (tertiary/aromatic N) is 3. The SMILES string of the molecule is CC[C@H](C)Nc1nc(NCc2ccc(F)c(F)c2)cc(-c2ccncc2)n1. The first-order valence-corrected chi connectivity index (χ1v) is 8.79. The van der Waals surface area contributed by atoms with Crippen molar-refractivity contribution in [3.05, 3.63) is 66.0 Å². The van der Waals surface area contributed by atoms with Gasteiger partial charge in [0.1, 0.15) is 5.82 Å². The third-order valence-corrected chi connectivity index (χ3v) is 4.15. The molecule has 0 radical (unpaired) electrons. The summed E-state index contributed by atoms with van der Waals surface area (Å²) in [6, 6.07) is 9.60. The van der Waals surface area contributed by atoms with Crippen LogP contribution in [-0.4, -0.2) is 21.0 Å². The van der Waals surface area contributed by atoms with Gasteiger partial charge < -0.3 is 10.6 Å². The van der Waals surface area contributed by atoms with E-state index in [-0.39, 0.29) is 6.04 Å². The Labute approximate surface area is 156 Å². The Morgan fingerprint density at radius 3 is 2.48 bits per heavy atom. The number of anilines is 2. The van der Waals surface area contributed by atoms with Gasteiger partial charge in [0.15, 0.2) is 11.6 Å². The minimum absolute atomic E-state index is 0.219. The van der Waals surface area contributed by atoms with E-state index < -0.39 is 11.6 Å². The lowest BCUT2D eigenvalue weighted by Crippen LogP contribution is -2.16. The molecule has 3 aromatic rings. The number of benzene rings is 1. The molecule has 2 heterocycles. The highest BCUT2D eigenvalue weighted by atomic mass is 19.2. The lowest BCUT2D eigenvalue weighted by Gasteiger charge is -2.14. The van der Waals surface area contributed by atoms with Crippen molar-refractivity contribution in [3.63, 3.8) is 0 Å². The van der Waals surface area contributed by atoms with Crippen LogP contribution in [0.2, 0.25) is 0 Å². The summed E-state index contributed by atoms with van der Waals surface area (Å²) in [6.07, 6.45) is 4.33. The van der Waals surface area contributed by atoms with Crippen LogP contribution in [0, 0.1) is 11.6 Å². The Kier molecular flexibility index (Phi) is 5.90. The molecule has 0 fully saturated rings. The van der Waals surface area contributed by atoms with E-state index in [2.05, 4.69) is 39.4 Å². The van der Waals surface area contributed by atoms with Crippen LogP contribution in [0.25, 0.3) is 11.3 Å². The lowest BCUT2D eigenvalue weighted by atomic mass is 10.2. The molecule has 3 rings (SSSR count). The third-order valence-electron chi connectivity index (χ3n) is 4.15. The molecule has 0 aliphatic rings. The van der Waals surface area contributed by atoms with Gasteiger partial charge in [0.25, 0.3) is 0 Å². The summed E-state index contributed by atoms with van der Waals surface area (Å²) in [6.45, 7) is 4.44. The van der Waals surface area contributed by atoms with E-state index in [0.29, 0.717) is 23.9 Å². The van der Waals surface area contributed by atoms with Crippen molar-refractivity contribution in [2.45, 2.75) is 32.9 Å². The number of nitrogens with one attached hydrogen (secondary N) is 2. The molecular weight excluding hydrogens is 348 g/mol. The van der Waals surface area contributed by atoms with E-state index in [9.17, 15) is 8.78 Å². The van der Waals surface area contributed by atoms with Gasteiger partial charge in [-0.25, -0.2) is 13.8 Å². The van der Waals surface area contributed by atoms with Crippen LogP contribution in [0.1, 0.15) is 25.8 Å². The van der Waals surface area contributed by atoms with Crippen LogP contribution in [0.4, 0.5) is 20.5 Å². The molecule has 1 aromatic carbocycles. The van der Waals surface area contributed by atoms with Gasteiger partial charge in [0, 0.05) is 36.6 Å². The van der Waals surface area contributed by atoms with Crippen LogP contribution in [-0.2, 0) is 6.54 Å². The summed E-state index contributed by atoms with van der Waals surface area (Å²) in [4.78, 5) is 13.1. The average Bonchev–Trinajstić information content (AvgIpc) is 2.69. The monoisotopic (exact) mass is 369 g/mol. The fourth-order valence-corrected chi connectivity index (χ4v) is 2.44. The molecule has 5 nitrogen and oxygen atoms in total. The molecule has 27 heavy (non-hydrogen) atoms. The predicted octanol–water partition coefficient (Wildman–Crippen LogP) is 4.64. The topological polar surface area (TPSA) is 62.7 Å². The van der Waals surface area contributed by atoms with Gasteiger partial charge in [-0.3, -0.25) is 4.98 Å². The van der Waals surface area contributed by atoms with E-state index in [0.717, 1.165) is 23.7 Å². The molecule has 7 heteroatoms. The first-order valence-electron chi connectivity index (χ1n) is 8.79. The van der Waals surface area contributed by atoms with E-state index in [1.54, 1.807) is 12.4 Å². The van der Waals surface area contributed by atoms with Crippen LogP contribution in [0.5, 0.6) is 0 Å². The molecule has 0 aliphatic heterocycles. The number of aromatic nitrogens is 3. The second kappa shape index (κ2) is 8.53. The highest BCUT2D eigenvalue weighted by Crippen LogP contribution is 2.22. The molecule has 0 unspecified atom stereocenters. The minimum atomic E-state index is -0.867. The zero-order chi connectivity index (χ0) is 19.2. The molecule has 1 atom stereocenters. The number of rotatable bonds is 7. The van der Waals surface area contributed by atoms with Gasteiger partial charge in [-0.15, -0.1) is 0 Å². The molecule has 140 valence electrons. The van der Waals surface area contributed by atoms with Crippen molar-refractivity contribution in [2.24, 2.45) is 0 Å². The van der Waals surface area contributed by atoms with E-state index in [4.69, 9.17) is 0 Å². The van der Waals surface area contributed by atoms with Gasteiger partial charge in [-0.1, -0.05) is 13.0 Å². The van der Waals surface area contributed by atoms with Gasteiger partial charge in [-0.2, -0.15) is 4.98 Å². The van der Waals surface area contributed by atoms with E-state index in [1.807, 2.05) is 18.2 Å². The van der Waals surface area contributed by atoms with E-state index >= 15 is 0 Å². The molecule has 0 bridgehead atoms. The highest BCUT2D eigenvalue weighted by Gasteiger charge is 2.09. The smallest absolute Gasteiger partial charge is 0.225 e. The second-order valence-corrected chi connectivity index (χ2v) is 6.25. The summed E-state index contributed by atoms with van der Waals surface area (Å²) in [5.74, 6) is -0.631. The molecule has 2 aromatic heterocycles. The third kappa shape index (κ3) is 4.97. The van der Waals surface area contributed by atoms with Crippen molar-refractivity contribution < 1.29 is 8.78 Å². The molecule has 0 aliphatic carbocycles. The second-order valence-electron chi connectivity index (χ2n) is 6.25. The molecule has 0 saturated heterocycles. The first-order chi connectivity index (χ1) is 13.0. The van der Waals surface area contributed by atoms with Gasteiger partial charge in [0.05, 0.1) is 5.69 Å². The maximum Gasteiger partial charge on any atom is 0.225 e. The minimum Gasteiger partial charge on any atom is -0.366 e. The molecule has 0 spiro atoms. The summed E-state index contributed by atoms with van der Waals surface area (Å²) in [7, 11) is 0. The first kappa shape index (κ1) is 18.7. The predicted molar refractivity (Wildman–Crippen MR) is 102 cm³/mol. The standard InChI is InChI=1S/C20H21F2N5/c1-3-13(2)25-20-26-18(15-6-8-23-9-7-15)11-19(27-20)24-12-14-4-5-16(21)17(22)10-14/h4-11,13H,3,12H2,1-2H3,(H2,24,25,26,27)/t13-/m0/s1. The number of hydrogen-bond acceptors (Lipinski definition) is 5. The molecular formula is C20H21F2N5. The maximum atomic E-state index is 13.4. The summed E-state index contributed by atoms with van der Waals surface area (Å²) in [5, 5.41) is 6.42. The quantitative estimate of drug-likeness (QED) is 0.635. The number of hydrogen-bond donors (Lipinski definition) is 2. The zero-order valence-corrected chi connectivity index (χ0v) is 15.2. The van der Waals surface area contributed by atoms with Crippen molar-refractivity contribution in [1.82, 2.24) is 15.0 Å². The van der Waals surface area contributed by atoms with Crippen LogP contribution >= 0.6 is 0 Å². The molecule has 0 amide bonds. The summed E-state index contributed by atoms with van der Waals surface area (Å²) < 4.78 is 26.5. The van der Waals surface area contributed by atoms with Gasteiger partial charge in [-0.05, 0) is 43.2 Å². The molecule has 2 N–H and O–H groups in total. The van der Waals surface area contributed by atoms with Crippen LogP contribution in [0.3, 0.4) is 0 Å². The van der Waals surface area contributed by atoms with Crippen molar-refractivity contribution in [3.8, 4) is 11.3 Å². The highest BCUT2D eigenvalue weighted by molar-refractivity contribution is 5.64. The Bertz CT molecular complexity index is 902. The fourth-order valence-electron chi connectivity index (χ4n) is 2.44. The molecule has 0 saturated carbocycles. The van der Waals surface area contributed by atoms with Gasteiger partial charge >= 0.3 is 0 Å². The Morgan fingerprint density at radius 2 is 1.78 bits per heavy atom. The van der Waals surface area contributed by atoms with E-state index in [1.165, 1.54) is 12.1 Å². The summed E-state index contributed by atoms with van der Waals surface area (Å²) >= 11 is 0. The fraction of sp³-hybridized carbons (Fsp3) is 0.250. The van der Waals surface area contributed by atoms with Crippen molar-refractivity contribution >= 4 is 11.8 Å². The summed E-state index contributed by atoms with van der Waals surface area (Å²) in [5.41, 5.74) is 2.27. The zero-order valence-electron chi connectivity index (χ0n) is 15.2. The van der Waals surface area contributed by atoms with Crippen molar-refractivity contribution in [1.29, 1.82) is 0 Å². The average molecular weight is 369 g/mol. The largest absolute Gasteiger partial charge is 0.366 e. The Morgan fingerprint density at radius 1 is 1.00 bits per heavy atom. The van der Waals surface area contributed by atoms with Crippen LogP contribution in [0.15, 0.2) is 48.8 Å². The van der Waals surface area contributed by atoms with Gasteiger partial charge in [0.2, 0.25) is 5.95 Å².